The Balaban J connectivity index is 1.26. The average molecular weight is 535 g/mol. The molecule has 0 atom stereocenters. The molecular formula is C30H27FN8O. The number of H-pyrrole nitrogens is 2. The van der Waals surface area contributed by atoms with Gasteiger partial charge in [0, 0.05) is 54.1 Å². The highest BCUT2D eigenvalue weighted by molar-refractivity contribution is 5.96. The quantitative estimate of drug-likeness (QED) is 0.280. The number of hydrogen-bond donors (Lipinski definition) is 2. The Bertz CT molecular complexity index is 1840. The molecule has 0 radical (unpaired) electrons. The zero-order valence-corrected chi connectivity index (χ0v) is 22.0. The summed E-state index contributed by atoms with van der Waals surface area (Å²) >= 11 is 0. The van der Waals surface area contributed by atoms with Crippen molar-refractivity contribution in [1.82, 2.24) is 40.0 Å². The summed E-state index contributed by atoms with van der Waals surface area (Å²) in [5, 5.41) is 8.32. The standard InChI is InChI=1S/C30H27FN8O/c1-40-23-11-19(10-22(31)13-23)24-5-6-33-29-26(24)35-30(36-29)27-25-12-21(16-34-28(25)38-37-27)20-9-18(14-32-15-20)17-39-7-3-2-4-8-39/h5-6,9-16H,2-4,7-8,17H2,1H3,(H,33,35,36)(H,34,37,38). The Morgan fingerprint density at radius 2 is 1.80 bits per heavy atom. The number of halogens is 1. The number of piperidine rings is 1. The van der Waals surface area contributed by atoms with Gasteiger partial charge in [-0.25, -0.2) is 19.3 Å². The summed E-state index contributed by atoms with van der Waals surface area (Å²) < 4.78 is 19.5. The Labute approximate surface area is 229 Å². The number of nitrogens with zero attached hydrogens (tertiary/aromatic N) is 6. The molecule has 1 fully saturated rings. The van der Waals surface area contributed by atoms with E-state index in [0.29, 0.717) is 39.6 Å². The van der Waals surface area contributed by atoms with Gasteiger partial charge in [-0.1, -0.05) is 6.42 Å². The molecule has 1 aromatic carbocycles. The van der Waals surface area contributed by atoms with E-state index >= 15 is 0 Å². The Morgan fingerprint density at radius 3 is 2.67 bits per heavy atom. The summed E-state index contributed by atoms with van der Waals surface area (Å²) in [6, 6.07) is 10.7. The van der Waals surface area contributed by atoms with Crippen LogP contribution < -0.4 is 4.74 Å². The highest BCUT2D eigenvalue weighted by Gasteiger charge is 2.18. The number of aromatic nitrogens is 7. The molecule has 1 aliphatic rings. The predicted octanol–water partition coefficient (Wildman–Crippen LogP) is 5.76. The van der Waals surface area contributed by atoms with Crippen LogP contribution in [0.5, 0.6) is 5.75 Å². The van der Waals surface area contributed by atoms with Crippen LogP contribution in [0, 0.1) is 5.82 Å². The molecule has 1 aliphatic heterocycles. The fourth-order valence-corrected chi connectivity index (χ4v) is 5.45. The molecule has 9 nitrogen and oxygen atoms in total. The van der Waals surface area contributed by atoms with Crippen molar-refractivity contribution in [1.29, 1.82) is 0 Å². The lowest BCUT2D eigenvalue weighted by Gasteiger charge is -2.26. The molecular weight excluding hydrogens is 507 g/mol. The topological polar surface area (TPSA) is 108 Å². The molecule has 200 valence electrons. The van der Waals surface area contributed by atoms with Crippen LogP contribution in [0.3, 0.4) is 0 Å². The van der Waals surface area contributed by atoms with Gasteiger partial charge >= 0.3 is 0 Å². The summed E-state index contributed by atoms with van der Waals surface area (Å²) in [6.45, 7) is 3.17. The molecule has 0 unspecified atom stereocenters. The van der Waals surface area contributed by atoms with Crippen LogP contribution in [0.25, 0.3) is 56.0 Å². The van der Waals surface area contributed by atoms with Gasteiger partial charge in [-0.2, -0.15) is 5.10 Å². The molecule has 0 spiro atoms. The van der Waals surface area contributed by atoms with Crippen molar-refractivity contribution in [3.63, 3.8) is 0 Å². The van der Waals surface area contributed by atoms with Crippen LogP contribution in [0.15, 0.2) is 61.2 Å². The van der Waals surface area contributed by atoms with E-state index in [2.05, 4.69) is 47.2 Å². The maximum Gasteiger partial charge on any atom is 0.181 e. The molecule has 6 aromatic rings. The van der Waals surface area contributed by atoms with E-state index in [9.17, 15) is 4.39 Å². The third kappa shape index (κ3) is 4.56. The Morgan fingerprint density at radius 1 is 0.925 bits per heavy atom. The molecule has 0 aliphatic carbocycles. The monoisotopic (exact) mass is 534 g/mol. The first-order valence-electron chi connectivity index (χ1n) is 13.4. The van der Waals surface area contributed by atoms with Gasteiger partial charge in [-0.15, -0.1) is 0 Å². The molecule has 2 N–H and O–H groups in total. The predicted molar refractivity (Wildman–Crippen MR) is 151 cm³/mol. The maximum atomic E-state index is 14.3. The average Bonchev–Trinajstić information content (AvgIpc) is 3.61. The number of hydrogen-bond acceptors (Lipinski definition) is 7. The first-order chi connectivity index (χ1) is 19.6. The lowest BCUT2D eigenvalue weighted by Crippen LogP contribution is -2.29. The van der Waals surface area contributed by atoms with Gasteiger partial charge in [-0.05, 0) is 67.4 Å². The minimum absolute atomic E-state index is 0.383. The van der Waals surface area contributed by atoms with Crippen LogP contribution in [-0.4, -0.2) is 60.2 Å². The van der Waals surface area contributed by atoms with Crippen molar-refractivity contribution in [3.05, 3.63) is 72.6 Å². The van der Waals surface area contributed by atoms with E-state index in [-0.39, 0.29) is 5.82 Å². The first kappa shape index (κ1) is 24.3. The number of rotatable bonds is 6. The van der Waals surface area contributed by atoms with Crippen LogP contribution in [-0.2, 0) is 6.54 Å². The van der Waals surface area contributed by atoms with Crippen molar-refractivity contribution in [3.8, 4) is 39.5 Å². The maximum absolute atomic E-state index is 14.3. The van der Waals surface area contributed by atoms with E-state index < -0.39 is 0 Å². The van der Waals surface area contributed by atoms with Crippen LogP contribution in [0.2, 0.25) is 0 Å². The number of likely N-dealkylation sites (tertiary alicyclic amines) is 1. The van der Waals surface area contributed by atoms with E-state index in [4.69, 9.17) is 9.72 Å². The van der Waals surface area contributed by atoms with E-state index in [1.54, 1.807) is 12.3 Å². The second-order valence-electron chi connectivity index (χ2n) is 10.1. The van der Waals surface area contributed by atoms with Crippen molar-refractivity contribution < 1.29 is 9.13 Å². The molecule has 10 heteroatoms. The number of aromatic amines is 2. The lowest BCUT2D eigenvalue weighted by atomic mass is 10.1. The summed E-state index contributed by atoms with van der Waals surface area (Å²) in [5.41, 5.74) is 7.05. The van der Waals surface area contributed by atoms with Gasteiger partial charge in [-0.3, -0.25) is 15.0 Å². The molecule has 6 heterocycles. The van der Waals surface area contributed by atoms with E-state index in [1.165, 1.54) is 44.1 Å². The normalized spacial score (nSPS) is 14.2. The van der Waals surface area contributed by atoms with Crippen LogP contribution in [0.4, 0.5) is 4.39 Å². The molecule has 5 aromatic heterocycles. The Hall–Kier alpha value is -4.70. The third-order valence-electron chi connectivity index (χ3n) is 7.44. The van der Waals surface area contributed by atoms with E-state index in [0.717, 1.165) is 41.7 Å². The van der Waals surface area contributed by atoms with Crippen molar-refractivity contribution in [2.75, 3.05) is 20.2 Å². The van der Waals surface area contributed by atoms with Crippen molar-refractivity contribution in [2.24, 2.45) is 0 Å². The molecule has 0 bridgehead atoms. The van der Waals surface area contributed by atoms with Crippen molar-refractivity contribution in [2.45, 2.75) is 25.8 Å². The number of fused-ring (bicyclic) bond motifs is 2. The molecule has 40 heavy (non-hydrogen) atoms. The van der Waals surface area contributed by atoms with Crippen molar-refractivity contribution >= 4 is 22.2 Å². The second kappa shape index (κ2) is 10.1. The largest absolute Gasteiger partial charge is 0.497 e. The zero-order chi connectivity index (χ0) is 27.1. The van der Waals surface area contributed by atoms with Gasteiger partial charge < -0.3 is 9.72 Å². The summed E-state index contributed by atoms with van der Waals surface area (Å²) in [7, 11) is 1.52. The first-order valence-corrected chi connectivity index (χ1v) is 13.4. The highest BCUT2D eigenvalue weighted by Crippen LogP contribution is 2.33. The van der Waals surface area contributed by atoms with Gasteiger partial charge in [0.2, 0.25) is 0 Å². The van der Waals surface area contributed by atoms with Gasteiger partial charge in [0.15, 0.2) is 17.1 Å². The summed E-state index contributed by atoms with van der Waals surface area (Å²) in [6.07, 6.45) is 11.1. The smallest absolute Gasteiger partial charge is 0.181 e. The molecule has 7 rings (SSSR count). The molecule has 1 saturated heterocycles. The van der Waals surface area contributed by atoms with E-state index in [1.807, 2.05) is 24.7 Å². The minimum Gasteiger partial charge on any atom is -0.497 e. The lowest BCUT2D eigenvalue weighted by molar-refractivity contribution is 0.220. The number of methoxy groups -OCH3 is 1. The number of pyridine rings is 3. The number of nitrogens with one attached hydrogen (secondary N) is 2. The van der Waals surface area contributed by atoms with Gasteiger partial charge in [0.05, 0.1) is 18.0 Å². The van der Waals surface area contributed by atoms with Gasteiger partial charge in [0.25, 0.3) is 0 Å². The number of benzene rings is 1. The SMILES string of the molecule is COc1cc(F)cc(-c2ccnc3nc(-c4[nH]nc5ncc(-c6cncc(CN7CCCCC7)c6)cc45)[nH]c23)c1. The molecule has 0 amide bonds. The summed E-state index contributed by atoms with van der Waals surface area (Å²) in [5.74, 6) is 0.621. The fraction of sp³-hybridized carbons (Fsp3) is 0.233. The number of ether oxygens (including phenoxy) is 1. The van der Waals surface area contributed by atoms with Crippen LogP contribution >= 0.6 is 0 Å². The summed E-state index contributed by atoms with van der Waals surface area (Å²) in [4.78, 5) is 24.2. The minimum atomic E-state index is -0.383. The third-order valence-corrected chi connectivity index (χ3v) is 7.44. The molecule has 0 saturated carbocycles. The number of imidazole rings is 1. The Kier molecular flexibility index (Phi) is 6.16. The van der Waals surface area contributed by atoms with Gasteiger partial charge in [0.1, 0.15) is 17.3 Å². The van der Waals surface area contributed by atoms with Crippen LogP contribution in [0.1, 0.15) is 24.8 Å². The zero-order valence-electron chi connectivity index (χ0n) is 22.0. The highest BCUT2D eigenvalue weighted by atomic mass is 19.1. The fourth-order valence-electron chi connectivity index (χ4n) is 5.45. The second-order valence-corrected chi connectivity index (χ2v) is 10.1.